The summed E-state index contributed by atoms with van der Waals surface area (Å²) in [6, 6.07) is 4.56. The van der Waals surface area contributed by atoms with Gasteiger partial charge in [-0.1, -0.05) is 0 Å². The number of rotatable bonds is 3. The van der Waals surface area contributed by atoms with Crippen LogP contribution in [0.3, 0.4) is 0 Å². The molecule has 1 aliphatic rings. The van der Waals surface area contributed by atoms with E-state index in [0.717, 1.165) is 23.3 Å². The summed E-state index contributed by atoms with van der Waals surface area (Å²) < 4.78 is 24.2. The fraction of sp³-hybridized carbons (Fsp3) is 0.429. The van der Waals surface area contributed by atoms with Gasteiger partial charge in [-0.2, -0.15) is 0 Å². The monoisotopic (exact) mass is 277 g/mol. The number of morpholine rings is 1. The highest BCUT2D eigenvalue weighted by Crippen LogP contribution is 2.25. The van der Waals surface area contributed by atoms with Crippen molar-refractivity contribution in [3.8, 4) is 0 Å². The molecule has 1 aromatic carbocycles. The van der Waals surface area contributed by atoms with Gasteiger partial charge in [-0.3, -0.25) is 0 Å². The number of fused-ring (bicyclic) bond motifs is 1. The molecule has 0 bridgehead atoms. The van der Waals surface area contributed by atoms with Crippen LogP contribution in [0.15, 0.2) is 24.5 Å². The molecule has 0 radical (unpaired) electrons. The number of methoxy groups -OCH3 is 1. The zero-order chi connectivity index (χ0) is 13.9. The lowest BCUT2D eigenvalue weighted by Gasteiger charge is -2.33. The highest BCUT2D eigenvalue weighted by Gasteiger charge is 2.23. The number of nitrogens with zero attached hydrogens (tertiary/aromatic N) is 3. The van der Waals surface area contributed by atoms with Crippen LogP contribution in [0.5, 0.6) is 0 Å². The minimum absolute atomic E-state index is 0.00678. The first-order valence-electron chi connectivity index (χ1n) is 6.53. The zero-order valence-electron chi connectivity index (χ0n) is 11.3. The first kappa shape index (κ1) is 13.2. The molecule has 3 rings (SSSR count). The molecule has 6 heteroatoms. The molecule has 0 unspecified atom stereocenters. The molecule has 1 fully saturated rings. The number of ether oxygens (including phenoxy) is 2. The van der Waals surface area contributed by atoms with Crippen LogP contribution in [0.25, 0.3) is 10.9 Å². The van der Waals surface area contributed by atoms with E-state index in [0.29, 0.717) is 19.8 Å². The summed E-state index contributed by atoms with van der Waals surface area (Å²) in [6.07, 6.45) is 1.52. The number of hydrogen-bond acceptors (Lipinski definition) is 5. The van der Waals surface area contributed by atoms with Crippen LogP contribution in [0.4, 0.5) is 10.2 Å². The number of halogens is 1. The van der Waals surface area contributed by atoms with E-state index < -0.39 is 0 Å². The quantitative estimate of drug-likeness (QED) is 0.853. The highest BCUT2D eigenvalue weighted by atomic mass is 19.1. The molecule has 0 N–H and O–H groups in total. The molecule has 0 saturated carbocycles. The van der Waals surface area contributed by atoms with Crippen LogP contribution in [-0.4, -0.2) is 49.5 Å². The third-order valence-electron chi connectivity index (χ3n) is 3.37. The van der Waals surface area contributed by atoms with E-state index in [9.17, 15) is 4.39 Å². The van der Waals surface area contributed by atoms with Crippen molar-refractivity contribution in [3.05, 3.63) is 30.3 Å². The maximum atomic E-state index is 13.5. The first-order valence-corrected chi connectivity index (χ1v) is 6.53. The van der Waals surface area contributed by atoms with Crippen molar-refractivity contribution in [2.75, 3.05) is 38.3 Å². The van der Waals surface area contributed by atoms with Crippen LogP contribution < -0.4 is 4.90 Å². The molecule has 0 aliphatic carbocycles. The van der Waals surface area contributed by atoms with Crippen molar-refractivity contribution < 1.29 is 13.9 Å². The molecule has 2 aromatic rings. The van der Waals surface area contributed by atoms with Gasteiger partial charge in [0, 0.05) is 25.6 Å². The second-order valence-corrected chi connectivity index (χ2v) is 4.75. The van der Waals surface area contributed by atoms with Crippen LogP contribution >= 0.6 is 0 Å². The smallest absolute Gasteiger partial charge is 0.140 e. The van der Waals surface area contributed by atoms with E-state index in [1.165, 1.54) is 18.5 Å². The number of hydrogen-bond donors (Lipinski definition) is 0. The maximum Gasteiger partial charge on any atom is 0.140 e. The van der Waals surface area contributed by atoms with Gasteiger partial charge in [0.05, 0.1) is 24.8 Å². The summed E-state index contributed by atoms with van der Waals surface area (Å²) >= 11 is 0. The fourth-order valence-corrected chi connectivity index (χ4v) is 2.47. The van der Waals surface area contributed by atoms with Crippen LogP contribution in [0.1, 0.15) is 0 Å². The molecule has 106 valence electrons. The van der Waals surface area contributed by atoms with Crippen molar-refractivity contribution in [2.24, 2.45) is 0 Å². The second kappa shape index (κ2) is 5.68. The van der Waals surface area contributed by atoms with Crippen molar-refractivity contribution >= 4 is 16.7 Å². The fourth-order valence-electron chi connectivity index (χ4n) is 2.47. The molecular formula is C14H16FN3O2. The molecule has 2 heterocycles. The number of aromatic nitrogens is 2. The molecule has 1 atom stereocenters. The Balaban J connectivity index is 1.94. The van der Waals surface area contributed by atoms with E-state index in [2.05, 4.69) is 14.9 Å². The summed E-state index contributed by atoms with van der Waals surface area (Å²) in [7, 11) is 1.65. The Hall–Kier alpha value is -1.79. The standard InChI is InChI=1S/C14H16FN3O2/c1-19-8-11-7-18(4-5-20-11)14-12-6-10(15)2-3-13(12)16-9-17-14/h2-3,6,9,11H,4-5,7-8H2,1H3/t11-/m1/s1. The van der Waals surface area contributed by atoms with E-state index in [-0.39, 0.29) is 11.9 Å². The topological polar surface area (TPSA) is 47.5 Å². The summed E-state index contributed by atoms with van der Waals surface area (Å²) in [4.78, 5) is 10.6. The van der Waals surface area contributed by atoms with Gasteiger partial charge in [0.25, 0.3) is 0 Å². The van der Waals surface area contributed by atoms with Crippen LogP contribution in [0.2, 0.25) is 0 Å². The maximum absolute atomic E-state index is 13.5. The molecule has 0 spiro atoms. The minimum atomic E-state index is -0.282. The predicted octanol–water partition coefficient (Wildman–Crippen LogP) is 1.62. The van der Waals surface area contributed by atoms with E-state index >= 15 is 0 Å². The molecule has 20 heavy (non-hydrogen) atoms. The molecule has 1 aromatic heterocycles. The number of benzene rings is 1. The summed E-state index contributed by atoms with van der Waals surface area (Å²) in [6.45, 7) is 2.54. The van der Waals surface area contributed by atoms with Gasteiger partial charge < -0.3 is 14.4 Å². The van der Waals surface area contributed by atoms with E-state index in [1.807, 2.05) is 0 Å². The van der Waals surface area contributed by atoms with Crippen LogP contribution in [-0.2, 0) is 9.47 Å². The lowest BCUT2D eigenvalue weighted by Crippen LogP contribution is -2.44. The van der Waals surface area contributed by atoms with E-state index in [4.69, 9.17) is 9.47 Å². The van der Waals surface area contributed by atoms with E-state index in [1.54, 1.807) is 13.2 Å². The minimum Gasteiger partial charge on any atom is -0.382 e. The SMILES string of the molecule is COC[C@H]1CN(c2ncnc3ccc(F)cc23)CCO1. The molecule has 1 saturated heterocycles. The van der Waals surface area contributed by atoms with Crippen LogP contribution in [0, 0.1) is 5.82 Å². The molecule has 0 amide bonds. The largest absolute Gasteiger partial charge is 0.382 e. The van der Waals surface area contributed by atoms with Gasteiger partial charge in [-0.05, 0) is 18.2 Å². The highest BCUT2D eigenvalue weighted by molar-refractivity contribution is 5.89. The summed E-state index contributed by atoms with van der Waals surface area (Å²) in [5.41, 5.74) is 0.742. The Bertz CT molecular complexity index is 606. The van der Waals surface area contributed by atoms with Gasteiger partial charge in [0.15, 0.2) is 0 Å². The Kier molecular flexibility index (Phi) is 3.75. The summed E-state index contributed by atoms with van der Waals surface area (Å²) in [5.74, 6) is 0.467. The second-order valence-electron chi connectivity index (χ2n) is 4.75. The number of anilines is 1. The molecular weight excluding hydrogens is 261 g/mol. The Morgan fingerprint density at radius 3 is 3.20 bits per heavy atom. The lowest BCUT2D eigenvalue weighted by molar-refractivity contribution is -0.0101. The average Bonchev–Trinajstić information content (AvgIpc) is 2.47. The average molecular weight is 277 g/mol. The normalized spacial score (nSPS) is 19.5. The zero-order valence-corrected chi connectivity index (χ0v) is 11.3. The Labute approximate surface area is 116 Å². The molecule has 5 nitrogen and oxygen atoms in total. The lowest BCUT2D eigenvalue weighted by atomic mass is 10.2. The van der Waals surface area contributed by atoms with Gasteiger partial charge in [0.2, 0.25) is 0 Å². The third kappa shape index (κ3) is 2.57. The van der Waals surface area contributed by atoms with Gasteiger partial charge in [0.1, 0.15) is 18.0 Å². The van der Waals surface area contributed by atoms with Gasteiger partial charge >= 0.3 is 0 Å². The van der Waals surface area contributed by atoms with Crippen molar-refractivity contribution in [1.82, 2.24) is 9.97 Å². The van der Waals surface area contributed by atoms with Gasteiger partial charge in [-0.25, -0.2) is 14.4 Å². The van der Waals surface area contributed by atoms with Gasteiger partial charge in [-0.15, -0.1) is 0 Å². The Morgan fingerprint density at radius 1 is 1.45 bits per heavy atom. The molecule has 1 aliphatic heterocycles. The van der Waals surface area contributed by atoms with Crippen molar-refractivity contribution in [3.63, 3.8) is 0 Å². The first-order chi connectivity index (χ1) is 9.78. The van der Waals surface area contributed by atoms with Crippen molar-refractivity contribution in [1.29, 1.82) is 0 Å². The van der Waals surface area contributed by atoms with Crippen molar-refractivity contribution in [2.45, 2.75) is 6.10 Å². The predicted molar refractivity (Wildman–Crippen MR) is 73.3 cm³/mol. The Morgan fingerprint density at radius 2 is 2.35 bits per heavy atom. The summed E-state index contributed by atoms with van der Waals surface area (Å²) in [5, 5.41) is 0.727. The third-order valence-corrected chi connectivity index (χ3v) is 3.37.